The lowest BCUT2D eigenvalue weighted by molar-refractivity contribution is -0.119. The molecule has 0 saturated heterocycles. The zero-order chi connectivity index (χ0) is 21.8. The Labute approximate surface area is 182 Å². The lowest BCUT2D eigenvalue weighted by Gasteiger charge is -2.27. The quantitative estimate of drug-likeness (QED) is 0.525. The maximum atomic E-state index is 13.2. The predicted molar refractivity (Wildman–Crippen MR) is 113 cm³/mol. The second-order valence-corrected chi connectivity index (χ2v) is 8.12. The molecular weight excluding hydrogens is 426 g/mol. The van der Waals surface area contributed by atoms with Crippen LogP contribution in [-0.2, 0) is 17.9 Å². The molecule has 4 rings (SSSR count). The molecule has 31 heavy (non-hydrogen) atoms. The summed E-state index contributed by atoms with van der Waals surface area (Å²) in [6.45, 7) is -1.17. The molecule has 1 amide bonds. The number of ether oxygens (including phenoxy) is 2. The van der Waals surface area contributed by atoms with E-state index in [0.717, 1.165) is 9.44 Å². The summed E-state index contributed by atoms with van der Waals surface area (Å²) in [5, 5.41) is 1.96. The number of carbonyl (C=O) groups excluding carboxylic acids is 1. The predicted octanol–water partition coefficient (Wildman–Crippen LogP) is 3.78. The van der Waals surface area contributed by atoms with Crippen molar-refractivity contribution in [2.45, 2.75) is 19.6 Å². The number of rotatable bonds is 8. The Bertz CT molecular complexity index is 1030. The zero-order valence-corrected chi connectivity index (χ0v) is 17.7. The van der Waals surface area contributed by atoms with Crippen LogP contribution in [0.25, 0.3) is 0 Å². The van der Waals surface area contributed by atoms with Crippen LogP contribution in [0.3, 0.4) is 0 Å². The SMILES string of the molecule is CN(CC(=O)N(Cc1cccs1)c1ccc2c(c1)OCCO2)Cc1nccn1C(F)F. The van der Waals surface area contributed by atoms with Crippen LogP contribution in [0.1, 0.15) is 17.3 Å². The number of amides is 1. The molecule has 0 fully saturated rings. The minimum Gasteiger partial charge on any atom is -0.486 e. The van der Waals surface area contributed by atoms with Gasteiger partial charge in [0.05, 0.1) is 19.6 Å². The first-order valence-electron chi connectivity index (χ1n) is 9.72. The van der Waals surface area contributed by atoms with Gasteiger partial charge in [-0.2, -0.15) is 8.78 Å². The van der Waals surface area contributed by atoms with Crippen LogP contribution in [0.4, 0.5) is 14.5 Å². The van der Waals surface area contributed by atoms with Crippen LogP contribution in [0.2, 0.25) is 0 Å². The first-order chi connectivity index (χ1) is 15.0. The molecule has 0 saturated carbocycles. The van der Waals surface area contributed by atoms with Gasteiger partial charge in [-0.05, 0) is 30.6 Å². The maximum absolute atomic E-state index is 13.2. The van der Waals surface area contributed by atoms with Gasteiger partial charge in [-0.1, -0.05) is 6.07 Å². The van der Waals surface area contributed by atoms with Crippen molar-refractivity contribution in [2.24, 2.45) is 0 Å². The lowest BCUT2D eigenvalue weighted by Crippen LogP contribution is -2.38. The second kappa shape index (κ2) is 9.44. The van der Waals surface area contributed by atoms with Gasteiger partial charge in [-0.25, -0.2) is 4.98 Å². The van der Waals surface area contributed by atoms with E-state index in [1.165, 1.54) is 12.4 Å². The van der Waals surface area contributed by atoms with E-state index in [2.05, 4.69) is 4.98 Å². The summed E-state index contributed by atoms with van der Waals surface area (Å²) in [7, 11) is 1.70. The first kappa shape index (κ1) is 21.3. The highest BCUT2D eigenvalue weighted by Crippen LogP contribution is 2.34. The van der Waals surface area contributed by atoms with Crippen LogP contribution >= 0.6 is 11.3 Å². The Kier molecular flexibility index (Phi) is 6.47. The van der Waals surface area contributed by atoms with Gasteiger partial charge in [0.15, 0.2) is 11.5 Å². The minimum absolute atomic E-state index is 0.0376. The Balaban J connectivity index is 1.52. The molecule has 0 bridgehead atoms. The van der Waals surface area contributed by atoms with E-state index < -0.39 is 6.55 Å². The van der Waals surface area contributed by atoms with Crippen molar-refractivity contribution in [2.75, 3.05) is 31.7 Å². The number of anilines is 1. The Morgan fingerprint density at radius 2 is 2.03 bits per heavy atom. The molecule has 0 atom stereocenters. The third-order valence-electron chi connectivity index (χ3n) is 4.81. The number of carbonyl (C=O) groups is 1. The van der Waals surface area contributed by atoms with Gasteiger partial charge in [0.25, 0.3) is 0 Å². The summed E-state index contributed by atoms with van der Waals surface area (Å²) in [5.74, 6) is 1.28. The van der Waals surface area contributed by atoms with E-state index >= 15 is 0 Å². The summed E-state index contributed by atoms with van der Waals surface area (Å²) in [6, 6.07) is 9.31. The van der Waals surface area contributed by atoms with Gasteiger partial charge in [0.1, 0.15) is 19.0 Å². The molecule has 0 aliphatic carbocycles. The van der Waals surface area contributed by atoms with E-state index in [1.807, 2.05) is 23.6 Å². The molecule has 3 heterocycles. The fraction of sp³-hybridized carbons (Fsp3) is 0.333. The number of imidazole rings is 1. The second-order valence-electron chi connectivity index (χ2n) is 7.09. The number of nitrogens with zero attached hydrogens (tertiary/aromatic N) is 4. The van der Waals surface area contributed by atoms with Gasteiger partial charge in [0.2, 0.25) is 5.91 Å². The van der Waals surface area contributed by atoms with E-state index in [1.54, 1.807) is 40.3 Å². The van der Waals surface area contributed by atoms with E-state index in [4.69, 9.17) is 9.47 Å². The Hall–Kier alpha value is -2.98. The summed E-state index contributed by atoms with van der Waals surface area (Å²) in [4.78, 5) is 21.6. The van der Waals surface area contributed by atoms with E-state index in [9.17, 15) is 13.6 Å². The number of thiophene rings is 1. The summed E-state index contributed by atoms with van der Waals surface area (Å²) in [5.41, 5.74) is 0.685. The average molecular weight is 448 g/mol. The van der Waals surface area contributed by atoms with Crippen molar-refractivity contribution in [3.8, 4) is 11.5 Å². The standard InChI is InChI=1S/C21H22F2N4O3S/c1-25(13-19-24-6-7-26(19)21(22)23)14-20(28)27(12-16-3-2-10-31-16)15-4-5-17-18(11-15)30-9-8-29-17/h2-7,10-11,21H,8-9,12-14H2,1H3. The van der Waals surface area contributed by atoms with Gasteiger partial charge < -0.3 is 14.4 Å². The largest absolute Gasteiger partial charge is 0.486 e. The Morgan fingerprint density at radius 1 is 1.23 bits per heavy atom. The third-order valence-corrected chi connectivity index (χ3v) is 5.67. The normalized spacial score (nSPS) is 13.1. The molecule has 0 spiro atoms. The number of aromatic nitrogens is 2. The highest BCUT2D eigenvalue weighted by Gasteiger charge is 2.22. The smallest absolute Gasteiger partial charge is 0.319 e. The van der Waals surface area contributed by atoms with Gasteiger partial charge in [-0.3, -0.25) is 14.3 Å². The minimum atomic E-state index is -2.67. The molecule has 0 radical (unpaired) electrons. The molecule has 0 unspecified atom stereocenters. The van der Waals surface area contributed by atoms with Crippen molar-refractivity contribution in [3.05, 3.63) is 58.8 Å². The van der Waals surface area contributed by atoms with Gasteiger partial charge >= 0.3 is 6.55 Å². The van der Waals surface area contributed by atoms with E-state index in [-0.39, 0.29) is 24.8 Å². The number of alkyl halides is 2. The van der Waals surface area contributed by atoms with Crippen LogP contribution in [-0.4, -0.2) is 47.2 Å². The molecule has 3 aromatic rings. The van der Waals surface area contributed by atoms with Gasteiger partial charge in [0, 0.05) is 29.0 Å². The average Bonchev–Trinajstić information content (AvgIpc) is 3.43. The molecule has 1 aromatic carbocycles. The molecule has 10 heteroatoms. The topological polar surface area (TPSA) is 59.8 Å². The third kappa shape index (κ3) is 5.02. The maximum Gasteiger partial charge on any atom is 0.319 e. The zero-order valence-electron chi connectivity index (χ0n) is 16.9. The highest BCUT2D eigenvalue weighted by molar-refractivity contribution is 7.09. The summed E-state index contributed by atoms with van der Waals surface area (Å²) >= 11 is 1.56. The van der Waals surface area contributed by atoms with Crippen LogP contribution in [0.15, 0.2) is 48.1 Å². The molecule has 0 N–H and O–H groups in total. The van der Waals surface area contributed by atoms with E-state index in [0.29, 0.717) is 36.9 Å². The molecule has 1 aliphatic rings. The fourth-order valence-corrected chi connectivity index (χ4v) is 4.03. The number of halogens is 2. The number of benzene rings is 1. The van der Waals surface area contributed by atoms with Crippen LogP contribution in [0, 0.1) is 0 Å². The van der Waals surface area contributed by atoms with Crippen molar-refractivity contribution in [1.82, 2.24) is 14.5 Å². The molecule has 164 valence electrons. The molecule has 1 aliphatic heterocycles. The summed E-state index contributed by atoms with van der Waals surface area (Å²) in [6.07, 6.45) is 2.56. The monoisotopic (exact) mass is 448 g/mol. The van der Waals surface area contributed by atoms with Crippen molar-refractivity contribution >= 4 is 22.9 Å². The van der Waals surface area contributed by atoms with Crippen molar-refractivity contribution in [3.63, 3.8) is 0 Å². The van der Waals surface area contributed by atoms with Crippen molar-refractivity contribution in [1.29, 1.82) is 0 Å². The Morgan fingerprint density at radius 3 is 2.77 bits per heavy atom. The number of likely N-dealkylation sites (N-methyl/N-ethyl adjacent to an activating group) is 1. The molecular formula is C21H22F2N4O3S. The van der Waals surface area contributed by atoms with Crippen LogP contribution in [0.5, 0.6) is 11.5 Å². The number of fused-ring (bicyclic) bond motifs is 1. The molecule has 2 aromatic heterocycles. The number of hydrogen-bond donors (Lipinski definition) is 0. The van der Waals surface area contributed by atoms with Gasteiger partial charge in [-0.15, -0.1) is 11.3 Å². The molecule has 7 nitrogen and oxygen atoms in total. The van der Waals surface area contributed by atoms with Crippen LogP contribution < -0.4 is 14.4 Å². The number of hydrogen-bond acceptors (Lipinski definition) is 6. The van der Waals surface area contributed by atoms with Crippen molar-refractivity contribution < 1.29 is 23.0 Å². The highest BCUT2D eigenvalue weighted by atomic mass is 32.1. The summed E-state index contributed by atoms with van der Waals surface area (Å²) < 4.78 is 38.2. The lowest BCUT2D eigenvalue weighted by atomic mass is 10.2. The first-order valence-corrected chi connectivity index (χ1v) is 10.6. The fourth-order valence-electron chi connectivity index (χ4n) is 3.34.